The fraction of sp³-hybridized carbons (Fsp3) is 0.316. The molecule has 1 heterocycles. The molecule has 8 heteroatoms. The first-order chi connectivity index (χ1) is 12.7. The lowest BCUT2D eigenvalue weighted by molar-refractivity contribution is -0.132. The van der Waals surface area contributed by atoms with Crippen LogP contribution in [0.4, 0.5) is 4.39 Å². The minimum Gasteiger partial charge on any atom is -0.464 e. The molecule has 0 radical (unpaired) electrons. The molecular weight excluding hydrogens is 371 g/mol. The monoisotopic (exact) mass is 394 g/mol. The summed E-state index contributed by atoms with van der Waals surface area (Å²) in [6.07, 6.45) is 2.47. The van der Waals surface area contributed by atoms with Gasteiger partial charge in [-0.25, -0.2) is 12.8 Å². The van der Waals surface area contributed by atoms with Crippen molar-refractivity contribution < 1.29 is 22.0 Å². The van der Waals surface area contributed by atoms with E-state index in [1.165, 1.54) is 23.1 Å². The predicted octanol–water partition coefficient (Wildman–Crippen LogP) is 2.70. The molecule has 0 aliphatic carbocycles. The molecule has 0 bridgehead atoms. The third-order valence-corrected chi connectivity index (χ3v) is 5.11. The third kappa shape index (κ3) is 6.33. The van der Waals surface area contributed by atoms with Gasteiger partial charge < -0.3 is 9.32 Å². The maximum atomic E-state index is 13.1. The Hall–Kier alpha value is -2.45. The molecule has 2 aromatic rings. The molecular formula is C19H23FN2O4S. The summed E-state index contributed by atoms with van der Waals surface area (Å²) < 4.78 is 43.5. The second kappa shape index (κ2) is 8.96. The first-order valence-electron chi connectivity index (χ1n) is 8.32. The number of sulfonamides is 1. The SMILES string of the molecule is C=CCN(CC(=O)N(Cc1ccc(F)cc1)Cc1ccc(C)o1)S(C)(=O)=O. The predicted molar refractivity (Wildman–Crippen MR) is 101 cm³/mol. The van der Waals surface area contributed by atoms with E-state index in [9.17, 15) is 17.6 Å². The van der Waals surface area contributed by atoms with Crippen LogP contribution in [-0.2, 0) is 27.9 Å². The number of benzene rings is 1. The van der Waals surface area contributed by atoms with Gasteiger partial charge in [0.15, 0.2) is 0 Å². The van der Waals surface area contributed by atoms with Crippen LogP contribution in [0.15, 0.2) is 53.5 Å². The highest BCUT2D eigenvalue weighted by atomic mass is 32.2. The molecule has 6 nitrogen and oxygen atoms in total. The third-order valence-electron chi connectivity index (χ3n) is 3.90. The van der Waals surface area contributed by atoms with Crippen molar-refractivity contribution in [1.82, 2.24) is 9.21 Å². The van der Waals surface area contributed by atoms with Gasteiger partial charge in [0.2, 0.25) is 15.9 Å². The average molecular weight is 394 g/mol. The summed E-state index contributed by atoms with van der Waals surface area (Å²) in [7, 11) is -3.56. The van der Waals surface area contributed by atoms with E-state index in [0.29, 0.717) is 11.5 Å². The Kier molecular flexibility index (Phi) is 6.92. The van der Waals surface area contributed by atoms with Crippen molar-refractivity contribution in [2.24, 2.45) is 0 Å². The van der Waals surface area contributed by atoms with Crippen molar-refractivity contribution in [2.75, 3.05) is 19.3 Å². The van der Waals surface area contributed by atoms with Crippen LogP contribution in [0.5, 0.6) is 0 Å². The quantitative estimate of drug-likeness (QED) is 0.613. The van der Waals surface area contributed by atoms with Crippen LogP contribution < -0.4 is 0 Å². The fourth-order valence-corrected chi connectivity index (χ4v) is 3.23. The zero-order valence-electron chi connectivity index (χ0n) is 15.4. The fourth-order valence-electron chi connectivity index (χ4n) is 2.51. The molecule has 0 unspecified atom stereocenters. The number of amides is 1. The van der Waals surface area contributed by atoms with Gasteiger partial charge >= 0.3 is 0 Å². The highest BCUT2D eigenvalue weighted by Crippen LogP contribution is 2.14. The van der Waals surface area contributed by atoms with E-state index in [-0.39, 0.29) is 37.9 Å². The number of furan rings is 1. The summed E-state index contributed by atoms with van der Waals surface area (Å²) in [6.45, 7) is 5.43. The largest absolute Gasteiger partial charge is 0.464 e. The molecule has 146 valence electrons. The molecule has 0 saturated heterocycles. The second-order valence-electron chi connectivity index (χ2n) is 6.23. The van der Waals surface area contributed by atoms with Crippen LogP contribution >= 0.6 is 0 Å². The number of rotatable bonds is 9. The Bertz CT molecular complexity index is 891. The van der Waals surface area contributed by atoms with Crippen molar-refractivity contribution in [3.8, 4) is 0 Å². The number of hydrogen-bond donors (Lipinski definition) is 0. The van der Waals surface area contributed by atoms with Crippen LogP contribution in [0, 0.1) is 12.7 Å². The van der Waals surface area contributed by atoms with Crippen LogP contribution in [0.25, 0.3) is 0 Å². The van der Waals surface area contributed by atoms with E-state index in [2.05, 4.69) is 6.58 Å². The summed E-state index contributed by atoms with van der Waals surface area (Å²) in [5, 5.41) is 0. The van der Waals surface area contributed by atoms with Crippen molar-refractivity contribution in [3.05, 3.63) is 72.0 Å². The van der Waals surface area contributed by atoms with Gasteiger partial charge in [0, 0.05) is 13.1 Å². The zero-order valence-corrected chi connectivity index (χ0v) is 16.2. The van der Waals surface area contributed by atoms with Gasteiger partial charge in [-0.1, -0.05) is 18.2 Å². The zero-order chi connectivity index (χ0) is 20.0. The number of halogens is 1. The van der Waals surface area contributed by atoms with Crippen LogP contribution in [0.1, 0.15) is 17.1 Å². The molecule has 0 spiro atoms. The van der Waals surface area contributed by atoms with E-state index in [4.69, 9.17) is 4.42 Å². The molecule has 0 aliphatic rings. The van der Waals surface area contributed by atoms with Gasteiger partial charge in [0.1, 0.15) is 17.3 Å². The summed E-state index contributed by atoms with van der Waals surface area (Å²) in [5.41, 5.74) is 0.725. The maximum absolute atomic E-state index is 13.1. The number of aryl methyl sites for hydroxylation is 1. The molecule has 1 aromatic carbocycles. The molecule has 2 rings (SSSR count). The van der Waals surface area contributed by atoms with Crippen LogP contribution in [-0.4, -0.2) is 42.9 Å². The number of carbonyl (C=O) groups excluding carboxylic acids is 1. The minimum atomic E-state index is -3.56. The van der Waals surface area contributed by atoms with E-state index < -0.39 is 10.0 Å². The van der Waals surface area contributed by atoms with Gasteiger partial charge in [-0.3, -0.25) is 4.79 Å². The summed E-state index contributed by atoms with van der Waals surface area (Å²) in [5.74, 6) is 0.536. The molecule has 0 N–H and O–H groups in total. The van der Waals surface area contributed by atoms with E-state index in [1.807, 2.05) is 0 Å². The Morgan fingerprint density at radius 2 is 1.85 bits per heavy atom. The van der Waals surface area contributed by atoms with Gasteiger partial charge in [-0.05, 0) is 36.8 Å². The summed E-state index contributed by atoms with van der Waals surface area (Å²) in [4.78, 5) is 14.3. The Morgan fingerprint density at radius 3 is 2.37 bits per heavy atom. The molecule has 0 atom stereocenters. The van der Waals surface area contributed by atoms with E-state index in [1.54, 1.807) is 31.2 Å². The standard InChI is InChI=1S/C19H23FN2O4S/c1-4-11-22(27(3,24)25)14-19(23)21(13-18-10-5-15(2)26-18)12-16-6-8-17(20)9-7-16/h4-10H,1,11-14H2,2-3H3. The molecule has 0 saturated carbocycles. The van der Waals surface area contributed by atoms with Crippen molar-refractivity contribution in [1.29, 1.82) is 0 Å². The Labute approximate surface area is 158 Å². The van der Waals surface area contributed by atoms with E-state index in [0.717, 1.165) is 16.1 Å². The Morgan fingerprint density at radius 1 is 1.19 bits per heavy atom. The molecule has 1 amide bonds. The maximum Gasteiger partial charge on any atom is 0.238 e. The second-order valence-corrected chi connectivity index (χ2v) is 8.22. The lowest BCUT2D eigenvalue weighted by Crippen LogP contribution is -2.42. The Balaban J connectivity index is 2.22. The van der Waals surface area contributed by atoms with Gasteiger partial charge in [0.25, 0.3) is 0 Å². The highest BCUT2D eigenvalue weighted by molar-refractivity contribution is 7.88. The molecule has 27 heavy (non-hydrogen) atoms. The average Bonchev–Trinajstić information content (AvgIpc) is 3.00. The molecule has 0 aliphatic heterocycles. The number of nitrogens with zero attached hydrogens (tertiary/aromatic N) is 2. The summed E-state index contributed by atoms with van der Waals surface area (Å²) >= 11 is 0. The van der Waals surface area contributed by atoms with Crippen molar-refractivity contribution in [2.45, 2.75) is 20.0 Å². The minimum absolute atomic E-state index is 0.0365. The topological polar surface area (TPSA) is 70.8 Å². The lowest BCUT2D eigenvalue weighted by atomic mass is 10.2. The van der Waals surface area contributed by atoms with Gasteiger partial charge in [-0.2, -0.15) is 4.31 Å². The van der Waals surface area contributed by atoms with Crippen molar-refractivity contribution >= 4 is 15.9 Å². The number of carbonyl (C=O) groups is 1. The smallest absolute Gasteiger partial charge is 0.238 e. The van der Waals surface area contributed by atoms with Crippen LogP contribution in [0.3, 0.4) is 0 Å². The molecule has 1 aromatic heterocycles. The summed E-state index contributed by atoms with van der Waals surface area (Å²) in [6, 6.07) is 9.35. The number of hydrogen-bond acceptors (Lipinski definition) is 4. The first-order valence-corrected chi connectivity index (χ1v) is 10.2. The van der Waals surface area contributed by atoms with Gasteiger partial charge in [-0.15, -0.1) is 6.58 Å². The first kappa shape index (κ1) is 20.9. The normalized spacial score (nSPS) is 11.6. The lowest BCUT2D eigenvalue weighted by Gasteiger charge is -2.25. The highest BCUT2D eigenvalue weighted by Gasteiger charge is 2.23. The van der Waals surface area contributed by atoms with Crippen molar-refractivity contribution in [3.63, 3.8) is 0 Å². The van der Waals surface area contributed by atoms with Crippen LogP contribution in [0.2, 0.25) is 0 Å². The van der Waals surface area contributed by atoms with Gasteiger partial charge in [0.05, 0.1) is 19.3 Å². The molecule has 0 fully saturated rings. The van der Waals surface area contributed by atoms with E-state index >= 15 is 0 Å².